The Morgan fingerprint density at radius 1 is 1.15 bits per heavy atom. The molecule has 3 aliphatic rings. The summed E-state index contributed by atoms with van der Waals surface area (Å²) in [4.78, 5) is 37.3. The Bertz CT molecular complexity index is 1310. The maximum absolute atomic E-state index is 13.8. The Morgan fingerprint density at radius 3 is 2.48 bits per heavy atom. The first-order chi connectivity index (χ1) is 15.7. The second-order valence-corrected chi connectivity index (χ2v) is 10.1. The standard InChI is InChI=1S/C22H19N3O7S/c26-20-16-12-15-10-11-22(16,19(21(27)28)23(20)13-14-6-2-1-3-7-14)24(15)33(31,32)18-9-5-4-8-17(18)25(29)30/h1-11,15-16,19H,12-13H2,(H,27,28)/t15-,16-,19+,22-/m1/s1. The number of sulfonamides is 1. The van der Waals surface area contributed by atoms with Crippen LogP contribution >= 0.6 is 0 Å². The molecule has 2 bridgehead atoms. The molecule has 33 heavy (non-hydrogen) atoms. The van der Waals surface area contributed by atoms with Gasteiger partial charge in [-0.15, -0.1) is 0 Å². The number of benzene rings is 2. The number of carboxylic acids is 1. The first-order valence-electron chi connectivity index (χ1n) is 10.2. The highest BCUT2D eigenvalue weighted by molar-refractivity contribution is 7.89. The lowest BCUT2D eigenvalue weighted by Crippen LogP contribution is -2.58. The Labute approximate surface area is 188 Å². The number of carbonyl (C=O) groups excluding carboxylic acids is 1. The van der Waals surface area contributed by atoms with E-state index in [1.807, 2.05) is 0 Å². The van der Waals surface area contributed by atoms with Gasteiger partial charge in [-0.25, -0.2) is 13.2 Å². The van der Waals surface area contributed by atoms with E-state index < -0.39 is 60.9 Å². The van der Waals surface area contributed by atoms with Crippen LogP contribution in [-0.2, 0) is 26.2 Å². The van der Waals surface area contributed by atoms with Gasteiger partial charge >= 0.3 is 5.97 Å². The van der Waals surface area contributed by atoms with E-state index in [1.54, 1.807) is 36.4 Å². The van der Waals surface area contributed by atoms with E-state index in [4.69, 9.17) is 0 Å². The number of nitro benzene ring substituents is 1. The average molecular weight is 469 g/mol. The van der Waals surface area contributed by atoms with Crippen LogP contribution in [-0.4, -0.2) is 57.2 Å². The molecule has 1 N–H and O–H groups in total. The molecule has 4 atom stereocenters. The molecule has 2 saturated heterocycles. The van der Waals surface area contributed by atoms with Gasteiger partial charge in [0.05, 0.1) is 16.4 Å². The van der Waals surface area contributed by atoms with Crippen molar-refractivity contribution < 1.29 is 28.0 Å². The lowest BCUT2D eigenvalue weighted by Gasteiger charge is -2.37. The van der Waals surface area contributed by atoms with Gasteiger partial charge in [0, 0.05) is 18.7 Å². The second kappa shape index (κ2) is 7.22. The van der Waals surface area contributed by atoms with E-state index in [0.29, 0.717) is 5.56 Å². The number of aliphatic carboxylic acids is 1. The molecule has 11 heteroatoms. The van der Waals surface area contributed by atoms with Crippen LogP contribution < -0.4 is 0 Å². The number of hydrogen-bond donors (Lipinski definition) is 1. The average Bonchev–Trinajstić information content (AvgIpc) is 3.40. The molecule has 10 nitrogen and oxygen atoms in total. The number of carbonyl (C=O) groups is 2. The number of carboxylic acid groups (broad SMARTS) is 1. The minimum absolute atomic E-state index is 0.00672. The second-order valence-electron chi connectivity index (χ2n) is 8.32. The number of nitrogens with zero attached hydrogens (tertiary/aromatic N) is 3. The number of likely N-dealkylation sites (tertiary alicyclic amines) is 1. The van der Waals surface area contributed by atoms with E-state index in [-0.39, 0.29) is 13.0 Å². The van der Waals surface area contributed by atoms with Crippen molar-refractivity contribution in [1.82, 2.24) is 9.21 Å². The zero-order valence-electron chi connectivity index (χ0n) is 17.1. The highest BCUT2D eigenvalue weighted by atomic mass is 32.2. The van der Waals surface area contributed by atoms with Crippen LogP contribution in [0.15, 0.2) is 71.6 Å². The van der Waals surface area contributed by atoms with Crippen molar-refractivity contribution in [3.8, 4) is 0 Å². The Hall–Kier alpha value is -3.57. The molecule has 0 unspecified atom stereocenters. The van der Waals surface area contributed by atoms with Crippen LogP contribution in [0.2, 0.25) is 0 Å². The van der Waals surface area contributed by atoms with Gasteiger partial charge in [-0.2, -0.15) is 4.31 Å². The maximum Gasteiger partial charge on any atom is 0.328 e. The third-order valence-corrected chi connectivity index (χ3v) is 8.67. The van der Waals surface area contributed by atoms with Gasteiger partial charge in [-0.3, -0.25) is 14.9 Å². The SMILES string of the molecule is O=C(O)[C@@H]1N(Cc2ccccc2)C(=O)[C@H]2C[C@H]3C=C[C@@]21N3S(=O)(=O)c1ccccc1[N+](=O)[O-]. The molecule has 0 radical (unpaired) electrons. The molecule has 0 saturated carbocycles. The fourth-order valence-electron chi connectivity index (χ4n) is 5.46. The highest BCUT2D eigenvalue weighted by Crippen LogP contribution is 2.56. The fourth-order valence-corrected chi connectivity index (χ4v) is 7.54. The van der Waals surface area contributed by atoms with Crippen LogP contribution in [0.1, 0.15) is 12.0 Å². The summed E-state index contributed by atoms with van der Waals surface area (Å²) in [5, 5.41) is 21.7. The fraction of sp³-hybridized carbons (Fsp3) is 0.273. The van der Waals surface area contributed by atoms with Crippen molar-refractivity contribution in [2.45, 2.75) is 35.5 Å². The van der Waals surface area contributed by atoms with Crippen molar-refractivity contribution >= 4 is 27.6 Å². The molecule has 2 aromatic rings. The minimum Gasteiger partial charge on any atom is -0.480 e. The minimum atomic E-state index is -4.51. The van der Waals surface area contributed by atoms with Crippen molar-refractivity contribution in [3.05, 3.63) is 82.4 Å². The molecule has 0 aliphatic carbocycles. The van der Waals surface area contributed by atoms with E-state index in [0.717, 1.165) is 16.4 Å². The summed E-state index contributed by atoms with van der Waals surface area (Å²) in [5.41, 5.74) is -1.56. The normalized spacial score (nSPS) is 28.3. The van der Waals surface area contributed by atoms with Crippen molar-refractivity contribution in [2.24, 2.45) is 5.92 Å². The van der Waals surface area contributed by atoms with Crippen molar-refractivity contribution in [2.75, 3.05) is 0 Å². The summed E-state index contributed by atoms with van der Waals surface area (Å²) >= 11 is 0. The van der Waals surface area contributed by atoms with Crippen LogP contribution in [0.4, 0.5) is 5.69 Å². The predicted octanol–water partition coefficient (Wildman–Crippen LogP) is 1.78. The Balaban J connectivity index is 1.64. The molecule has 1 amide bonds. The number of nitro groups is 1. The van der Waals surface area contributed by atoms with Gasteiger partial charge in [-0.1, -0.05) is 54.6 Å². The molecule has 5 rings (SSSR count). The van der Waals surface area contributed by atoms with Gasteiger partial charge in [0.1, 0.15) is 0 Å². The lowest BCUT2D eigenvalue weighted by molar-refractivity contribution is -0.387. The smallest absolute Gasteiger partial charge is 0.328 e. The number of hydrogen-bond acceptors (Lipinski definition) is 6. The monoisotopic (exact) mass is 469 g/mol. The first-order valence-corrected chi connectivity index (χ1v) is 11.7. The quantitative estimate of drug-likeness (QED) is 0.387. The molecule has 170 valence electrons. The van der Waals surface area contributed by atoms with Gasteiger partial charge < -0.3 is 10.0 Å². The third kappa shape index (κ3) is 2.85. The number of amides is 1. The molecule has 2 fully saturated rings. The van der Waals surface area contributed by atoms with Crippen LogP contribution in [0.25, 0.3) is 0 Å². The number of rotatable bonds is 6. The summed E-state index contributed by atoms with van der Waals surface area (Å²) in [5.74, 6) is -2.67. The van der Waals surface area contributed by atoms with E-state index >= 15 is 0 Å². The highest BCUT2D eigenvalue weighted by Gasteiger charge is 2.73. The summed E-state index contributed by atoms with van der Waals surface area (Å²) in [6.07, 6.45) is 3.18. The number of fused-ring (bicyclic) bond motifs is 1. The Morgan fingerprint density at radius 2 is 1.82 bits per heavy atom. The van der Waals surface area contributed by atoms with Gasteiger partial charge in [0.25, 0.3) is 15.7 Å². The van der Waals surface area contributed by atoms with E-state index in [2.05, 4.69) is 0 Å². The summed E-state index contributed by atoms with van der Waals surface area (Å²) in [7, 11) is -4.51. The predicted molar refractivity (Wildman–Crippen MR) is 114 cm³/mol. The van der Waals surface area contributed by atoms with Crippen LogP contribution in [0, 0.1) is 16.0 Å². The molecule has 0 aromatic heterocycles. The molecular weight excluding hydrogens is 450 g/mol. The zero-order valence-corrected chi connectivity index (χ0v) is 18.0. The summed E-state index contributed by atoms with van der Waals surface area (Å²) in [6.45, 7) is 0.00672. The molecular formula is C22H19N3O7S. The van der Waals surface area contributed by atoms with Crippen molar-refractivity contribution in [3.63, 3.8) is 0 Å². The largest absolute Gasteiger partial charge is 0.480 e. The summed E-state index contributed by atoms with van der Waals surface area (Å²) in [6, 6.07) is 11.5. The molecule has 1 spiro atoms. The summed E-state index contributed by atoms with van der Waals surface area (Å²) < 4.78 is 28.5. The van der Waals surface area contributed by atoms with Gasteiger partial charge in [-0.05, 0) is 18.1 Å². The third-order valence-electron chi connectivity index (χ3n) is 6.66. The Kier molecular flexibility index (Phi) is 4.66. The van der Waals surface area contributed by atoms with E-state index in [1.165, 1.54) is 23.1 Å². The molecule has 3 aliphatic heterocycles. The number of para-hydroxylation sites is 1. The van der Waals surface area contributed by atoms with Crippen LogP contribution in [0.5, 0.6) is 0 Å². The van der Waals surface area contributed by atoms with Gasteiger partial charge in [0.15, 0.2) is 10.9 Å². The lowest BCUT2D eigenvalue weighted by atomic mass is 9.80. The topological polar surface area (TPSA) is 138 Å². The van der Waals surface area contributed by atoms with Gasteiger partial charge in [0.2, 0.25) is 5.91 Å². The van der Waals surface area contributed by atoms with E-state index in [9.17, 15) is 33.2 Å². The van der Waals surface area contributed by atoms with Crippen molar-refractivity contribution in [1.29, 1.82) is 0 Å². The molecule has 3 heterocycles. The maximum atomic E-state index is 13.8. The zero-order chi connectivity index (χ0) is 23.5. The first kappa shape index (κ1) is 21.3. The van der Waals surface area contributed by atoms with Crippen LogP contribution in [0.3, 0.4) is 0 Å². The molecule has 2 aromatic carbocycles.